The van der Waals surface area contributed by atoms with Crippen LogP contribution in [0.5, 0.6) is 11.5 Å². The Morgan fingerprint density at radius 3 is 2.59 bits per heavy atom. The van der Waals surface area contributed by atoms with Crippen molar-refractivity contribution in [2.45, 2.75) is 56.6 Å². The Hall–Kier alpha value is -2.58. The van der Waals surface area contributed by atoms with Crippen LogP contribution >= 0.6 is 0 Å². The maximum absolute atomic E-state index is 12.9. The molecule has 1 heterocycles. The summed E-state index contributed by atoms with van der Waals surface area (Å²) < 4.78 is 37.6. The first-order valence-electron chi connectivity index (χ1n) is 10.6. The highest BCUT2D eigenvalue weighted by Gasteiger charge is 2.34. The number of methoxy groups -OCH3 is 1. The molecule has 1 amide bonds. The Balaban J connectivity index is 1.76. The average Bonchev–Trinajstić information content (AvgIpc) is 2.71. The van der Waals surface area contributed by atoms with Crippen LogP contribution in [0, 0.1) is 6.92 Å². The molecule has 0 saturated heterocycles. The number of carbonyl (C=O) groups excluding carboxylic acids is 1. The summed E-state index contributed by atoms with van der Waals surface area (Å²) in [7, 11) is 0.933. The second-order valence-corrected chi connectivity index (χ2v) is 11.1. The number of nitrogens with one attached hydrogen (secondary N) is 1. The summed E-state index contributed by atoms with van der Waals surface area (Å²) >= 11 is 0. The highest BCUT2D eigenvalue weighted by Crippen LogP contribution is 2.40. The van der Waals surface area contributed by atoms with Gasteiger partial charge in [0.1, 0.15) is 17.1 Å². The molecule has 2 aromatic rings. The molecule has 1 aliphatic heterocycles. The molecule has 174 valence electrons. The Morgan fingerprint density at radius 2 is 1.94 bits per heavy atom. The highest BCUT2D eigenvalue weighted by molar-refractivity contribution is 7.89. The van der Waals surface area contributed by atoms with E-state index < -0.39 is 15.6 Å². The summed E-state index contributed by atoms with van der Waals surface area (Å²) in [5.41, 5.74) is 2.37. The molecule has 0 spiro atoms. The van der Waals surface area contributed by atoms with Crippen LogP contribution in [0.3, 0.4) is 0 Å². The first kappa shape index (κ1) is 24.1. The third kappa shape index (κ3) is 5.24. The van der Waals surface area contributed by atoms with E-state index in [1.165, 1.54) is 27.3 Å². The number of aryl methyl sites for hydroxylation is 2. The van der Waals surface area contributed by atoms with E-state index >= 15 is 0 Å². The van der Waals surface area contributed by atoms with Crippen LogP contribution in [0.15, 0.2) is 41.3 Å². The number of nitrogens with zero attached hydrogens (tertiary/aromatic N) is 1. The lowest BCUT2D eigenvalue weighted by atomic mass is 9.89. The van der Waals surface area contributed by atoms with E-state index in [1.807, 2.05) is 39.0 Å². The molecule has 0 aliphatic carbocycles. The van der Waals surface area contributed by atoms with Crippen molar-refractivity contribution in [2.24, 2.45) is 0 Å². The fraction of sp³-hybridized carbons (Fsp3) is 0.458. The van der Waals surface area contributed by atoms with E-state index in [0.717, 1.165) is 21.2 Å². The van der Waals surface area contributed by atoms with Gasteiger partial charge in [0.05, 0.1) is 18.0 Å². The number of fused-ring (bicyclic) bond motifs is 1. The standard InChI is InChI=1S/C24H32N2O5S/c1-16-7-10-22-19(13-16)20(15-24(2,3)31-22)25-23(27)12-8-17-14-18(9-11-21(17)30-6)32(28,29)26(4)5/h7,9-11,13-14,20H,8,12,15H2,1-6H3,(H,25,27)/t20-/m0/s1. The van der Waals surface area contributed by atoms with Crippen LogP contribution in [0.1, 0.15) is 49.4 Å². The summed E-state index contributed by atoms with van der Waals surface area (Å²) in [6, 6.07) is 10.6. The first-order chi connectivity index (χ1) is 14.9. The van der Waals surface area contributed by atoms with Gasteiger partial charge in [0.25, 0.3) is 0 Å². The Morgan fingerprint density at radius 1 is 1.22 bits per heavy atom. The van der Waals surface area contributed by atoms with Gasteiger partial charge in [0.15, 0.2) is 0 Å². The van der Waals surface area contributed by atoms with Crippen molar-refractivity contribution in [2.75, 3.05) is 21.2 Å². The fourth-order valence-corrected chi connectivity index (χ4v) is 4.89. The molecular weight excluding hydrogens is 428 g/mol. The van der Waals surface area contributed by atoms with Crippen molar-refractivity contribution in [3.8, 4) is 11.5 Å². The minimum absolute atomic E-state index is 0.108. The molecule has 1 N–H and O–H groups in total. The predicted molar refractivity (Wildman–Crippen MR) is 124 cm³/mol. The fourth-order valence-electron chi connectivity index (χ4n) is 3.94. The van der Waals surface area contributed by atoms with Crippen molar-refractivity contribution in [1.29, 1.82) is 0 Å². The van der Waals surface area contributed by atoms with Crippen molar-refractivity contribution in [3.63, 3.8) is 0 Å². The van der Waals surface area contributed by atoms with Gasteiger partial charge in [-0.15, -0.1) is 0 Å². The molecule has 8 heteroatoms. The van der Waals surface area contributed by atoms with Crippen molar-refractivity contribution < 1.29 is 22.7 Å². The first-order valence-corrected chi connectivity index (χ1v) is 12.1. The van der Waals surface area contributed by atoms with Crippen LogP contribution in [0.25, 0.3) is 0 Å². The number of sulfonamides is 1. The molecule has 1 aliphatic rings. The minimum Gasteiger partial charge on any atom is -0.496 e. The van der Waals surface area contributed by atoms with E-state index in [-0.39, 0.29) is 23.3 Å². The molecule has 32 heavy (non-hydrogen) atoms. The molecule has 7 nitrogen and oxygen atoms in total. The molecule has 1 atom stereocenters. The summed E-state index contributed by atoms with van der Waals surface area (Å²) in [6.45, 7) is 6.03. The summed E-state index contributed by atoms with van der Waals surface area (Å²) in [6.07, 6.45) is 1.23. The van der Waals surface area contributed by atoms with Gasteiger partial charge in [-0.3, -0.25) is 4.79 Å². The van der Waals surface area contributed by atoms with E-state index in [1.54, 1.807) is 12.1 Å². The molecule has 0 saturated carbocycles. The molecule has 0 unspecified atom stereocenters. The lowest BCUT2D eigenvalue weighted by Gasteiger charge is -2.38. The van der Waals surface area contributed by atoms with Crippen molar-refractivity contribution in [3.05, 3.63) is 53.1 Å². The lowest BCUT2D eigenvalue weighted by Crippen LogP contribution is -2.41. The minimum atomic E-state index is -3.57. The van der Waals surface area contributed by atoms with E-state index in [0.29, 0.717) is 24.2 Å². The highest BCUT2D eigenvalue weighted by atomic mass is 32.2. The van der Waals surface area contributed by atoms with Crippen LogP contribution in [0.4, 0.5) is 0 Å². The van der Waals surface area contributed by atoms with Gasteiger partial charge in [-0.25, -0.2) is 12.7 Å². The van der Waals surface area contributed by atoms with Crippen molar-refractivity contribution >= 4 is 15.9 Å². The van der Waals surface area contributed by atoms with Gasteiger partial charge in [-0.2, -0.15) is 0 Å². The largest absolute Gasteiger partial charge is 0.496 e. The van der Waals surface area contributed by atoms with Gasteiger partial charge in [-0.05, 0) is 57.0 Å². The number of hydrogen-bond donors (Lipinski definition) is 1. The zero-order chi connectivity index (χ0) is 23.7. The van der Waals surface area contributed by atoms with Gasteiger partial charge < -0.3 is 14.8 Å². The summed E-state index contributed by atoms with van der Waals surface area (Å²) in [5.74, 6) is 1.24. The lowest BCUT2D eigenvalue weighted by molar-refractivity contribution is -0.122. The monoisotopic (exact) mass is 460 g/mol. The maximum Gasteiger partial charge on any atom is 0.242 e. The number of ether oxygens (including phenoxy) is 2. The Kier molecular flexibility index (Phi) is 6.86. The van der Waals surface area contributed by atoms with Crippen LogP contribution < -0.4 is 14.8 Å². The number of hydrogen-bond acceptors (Lipinski definition) is 5. The second-order valence-electron chi connectivity index (χ2n) is 8.99. The van der Waals surface area contributed by atoms with Crippen LogP contribution in [-0.2, 0) is 21.2 Å². The second kappa shape index (κ2) is 9.11. The Bertz CT molecular complexity index is 1110. The number of rotatable bonds is 7. The zero-order valence-corrected chi connectivity index (χ0v) is 20.4. The zero-order valence-electron chi connectivity index (χ0n) is 19.6. The van der Waals surface area contributed by atoms with Gasteiger partial charge in [0.2, 0.25) is 15.9 Å². The van der Waals surface area contributed by atoms with Gasteiger partial charge >= 0.3 is 0 Å². The molecule has 0 bridgehead atoms. The third-order valence-electron chi connectivity index (χ3n) is 5.61. The van der Waals surface area contributed by atoms with E-state index in [4.69, 9.17) is 9.47 Å². The van der Waals surface area contributed by atoms with Crippen LogP contribution in [-0.4, -0.2) is 45.4 Å². The normalized spacial score (nSPS) is 17.4. The van der Waals surface area contributed by atoms with Crippen LogP contribution in [0.2, 0.25) is 0 Å². The summed E-state index contributed by atoms with van der Waals surface area (Å²) in [4.78, 5) is 13.0. The predicted octanol–water partition coefficient (Wildman–Crippen LogP) is 3.61. The molecule has 0 fully saturated rings. The maximum atomic E-state index is 12.9. The molecule has 0 aromatic heterocycles. The van der Waals surface area contributed by atoms with E-state index in [2.05, 4.69) is 5.32 Å². The molecular formula is C24H32N2O5S. The molecule has 0 radical (unpaired) electrons. The smallest absolute Gasteiger partial charge is 0.242 e. The SMILES string of the molecule is COc1ccc(S(=O)(=O)N(C)C)cc1CCC(=O)N[C@H]1CC(C)(C)Oc2ccc(C)cc21. The number of benzene rings is 2. The third-order valence-corrected chi connectivity index (χ3v) is 7.42. The number of carbonyl (C=O) groups is 1. The Labute approximate surface area is 190 Å². The topological polar surface area (TPSA) is 84.9 Å². The quantitative estimate of drug-likeness (QED) is 0.682. The molecule has 3 rings (SSSR count). The van der Waals surface area contributed by atoms with Crippen molar-refractivity contribution in [1.82, 2.24) is 9.62 Å². The molecule has 2 aromatic carbocycles. The summed E-state index contributed by atoms with van der Waals surface area (Å²) in [5, 5.41) is 3.14. The van der Waals surface area contributed by atoms with Gasteiger partial charge in [0, 0.05) is 32.5 Å². The van der Waals surface area contributed by atoms with E-state index in [9.17, 15) is 13.2 Å². The number of amides is 1. The van der Waals surface area contributed by atoms with Gasteiger partial charge in [-0.1, -0.05) is 17.7 Å². The average molecular weight is 461 g/mol.